The highest BCUT2D eigenvalue weighted by Gasteiger charge is 2.27. The quantitative estimate of drug-likeness (QED) is 0.928. The summed E-state index contributed by atoms with van der Waals surface area (Å²) >= 11 is 0. The topological polar surface area (TPSA) is 49.4 Å². The predicted molar refractivity (Wildman–Crippen MR) is 80.4 cm³/mol. The SMILES string of the molecule is CN(CC1CCC1)S(=O)(=O)c1ccc2c(c1)NCCC2. The Hall–Kier alpha value is -1.07. The maximum absolute atomic E-state index is 12.6. The lowest BCUT2D eigenvalue weighted by molar-refractivity contribution is 0.263. The van der Waals surface area contributed by atoms with Crippen LogP contribution >= 0.6 is 0 Å². The van der Waals surface area contributed by atoms with Gasteiger partial charge in [0.15, 0.2) is 0 Å². The number of benzene rings is 1. The standard InChI is InChI=1S/C15H22N2O2S/c1-17(11-12-4-2-5-12)20(18,19)14-8-7-13-6-3-9-16-15(13)10-14/h7-8,10,12,16H,2-6,9,11H2,1H3. The van der Waals surface area contributed by atoms with Crippen LogP contribution in [0.3, 0.4) is 0 Å². The maximum atomic E-state index is 12.6. The molecule has 0 radical (unpaired) electrons. The number of rotatable bonds is 4. The van der Waals surface area contributed by atoms with Gasteiger partial charge in [-0.1, -0.05) is 12.5 Å². The van der Waals surface area contributed by atoms with Crippen LogP contribution in [0.1, 0.15) is 31.2 Å². The molecule has 1 N–H and O–H groups in total. The molecule has 0 bridgehead atoms. The van der Waals surface area contributed by atoms with Gasteiger partial charge in [-0.15, -0.1) is 0 Å². The summed E-state index contributed by atoms with van der Waals surface area (Å²) in [6.45, 7) is 1.57. The van der Waals surface area contributed by atoms with Crippen LogP contribution in [0.5, 0.6) is 0 Å². The number of sulfonamides is 1. The normalized spacial score (nSPS) is 19.3. The van der Waals surface area contributed by atoms with Crippen molar-refractivity contribution in [2.45, 2.75) is 37.0 Å². The Morgan fingerprint density at radius 2 is 2.10 bits per heavy atom. The van der Waals surface area contributed by atoms with Crippen LogP contribution in [0.4, 0.5) is 5.69 Å². The van der Waals surface area contributed by atoms with Gasteiger partial charge >= 0.3 is 0 Å². The molecule has 1 saturated carbocycles. The third-order valence-corrected chi connectivity index (χ3v) is 6.29. The molecule has 3 rings (SSSR count). The predicted octanol–water partition coefficient (Wildman–Crippen LogP) is 2.47. The lowest BCUT2D eigenvalue weighted by Gasteiger charge is -2.30. The third kappa shape index (κ3) is 2.56. The van der Waals surface area contributed by atoms with E-state index in [-0.39, 0.29) is 0 Å². The number of nitrogens with zero attached hydrogens (tertiary/aromatic N) is 1. The van der Waals surface area contributed by atoms with Crippen LogP contribution in [-0.4, -0.2) is 32.9 Å². The zero-order valence-electron chi connectivity index (χ0n) is 11.9. The molecule has 1 aliphatic heterocycles. The largest absolute Gasteiger partial charge is 0.385 e. The summed E-state index contributed by atoms with van der Waals surface area (Å²) in [5, 5.41) is 3.29. The molecule has 20 heavy (non-hydrogen) atoms. The van der Waals surface area contributed by atoms with E-state index in [1.807, 2.05) is 6.07 Å². The highest BCUT2D eigenvalue weighted by Crippen LogP contribution is 2.30. The highest BCUT2D eigenvalue weighted by molar-refractivity contribution is 7.89. The second-order valence-corrected chi connectivity index (χ2v) is 7.98. The van der Waals surface area contributed by atoms with Gasteiger partial charge < -0.3 is 5.32 Å². The van der Waals surface area contributed by atoms with Crippen LogP contribution in [0.15, 0.2) is 23.1 Å². The molecule has 0 saturated heterocycles. The van der Waals surface area contributed by atoms with Crippen molar-refractivity contribution in [1.29, 1.82) is 0 Å². The Labute approximate surface area is 121 Å². The van der Waals surface area contributed by atoms with Crippen molar-refractivity contribution < 1.29 is 8.42 Å². The van der Waals surface area contributed by atoms with Gasteiger partial charge in [0.25, 0.3) is 0 Å². The second-order valence-electron chi connectivity index (χ2n) is 5.93. The molecule has 2 aliphatic rings. The van der Waals surface area contributed by atoms with Crippen molar-refractivity contribution in [1.82, 2.24) is 4.31 Å². The number of hydrogen-bond donors (Lipinski definition) is 1. The molecule has 0 atom stereocenters. The Bertz CT molecular complexity index is 594. The summed E-state index contributed by atoms with van der Waals surface area (Å²) in [6, 6.07) is 5.49. The van der Waals surface area contributed by atoms with Crippen molar-refractivity contribution in [3.05, 3.63) is 23.8 Å². The summed E-state index contributed by atoms with van der Waals surface area (Å²) in [5.41, 5.74) is 2.20. The zero-order valence-corrected chi connectivity index (χ0v) is 12.7. The molecule has 1 aliphatic carbocycles. The van der Waals surface area contributed by atoms with E-state index in [2.05, 4.69) is 5.32 Å². The van der Waals surface area contributed by atoms with Crippen LogP contribution in [0, 0.1) is 5.92 Å². The van der Waals surface area contributed by atoms with E-state index in [9.17, 15) is 8.42 Å². The number of anilines is 1. The number of hydrogen-bond acceptors (Lipinski definition) is 3. The Morgan fingerprint density at radius 1 is 1.30 bits per heavy atom. The third-order valence-electron chi connectivity index (χ3n) is 4.47. The van der Waals surface area contributed by atoms with Crippen molar-refractivity contribution in [2.75, 3.05) is 25.5 Å². The summed E-state index contributed by atoms with van der Waals surface area (Å²) < 4.78 is 26.7. The van der Waals surface area contributed by atoms with E-state index < -0.39 is 10.0 Å². The maximum Gasteiger partial charge on any atom is 0.242 e. The van der Waals surface area contributed by atoms with Gasteiger partial charge in [-0.2, -0.15) is 0 Å². The molecule has 1 heterocycles. The Kier molecular flexibility index (Phi) is 3.73. The van der Waals surface area contributed by atoms with Crippen molar-refractivity contribution in [3.63, 3.8) is 0 Å². The fraction of sp³-hybridized carbons (Fsp3) is 0.600. The van der Waals surface area contributed by atoms with Crippen molar-refractivity contribution >= 4 is 15.7 Å². The molecular weight excluding hydrogens is 272 g/mol. The van der Waals surface area contributed by atoms with Crippen molar-refractivity contribution in [2.24, 2.45) is 5.92 Å². The minimum absolute atomic E-state index is 0.410. The van der Waals surface area contributed by atoms with Gasteiger partial charge in [-0.05, 0) is 49.3 Å². The van der Waals surface area contributed by atoms with Crippen LogP contribution < -0.4 is 5.32 Å². The van der Waals surface area contributed by atoms with Gasteiger partial charge in [0, 0.05) is 25.8 Å². The molecule has 0 amide bonds. The van der Waals surface area contributed by atoms with Crippen LogP contribution in [-0.2, 0) is 16.4 Å². The summed E-state index contributed by atoms with van der Waals surface area (Å²) in [7, 11) is -1.66. The fourth-order valence-corrected chi connectivity index (χ4v) is 4.19. The number of nitrogens with one attached hydrogen (secondary N) is 1. The highest BCUT2D eigenvalue weighted by atomic mass is 32.2. The van der Waals surface area contributed by atoms with E-state index in [0.29, 0.717) is 17.4 Å². The lowest BCUT2D eigenvalue weighted by Crippen LogP contribution is -2.34. The molecule has 4 nitrogen and oxygen atoms in total. The molecular formula is C15H22N2O2S. The smallest absolute Gasteiger partial charge is 0.242 e. The number of fused-ring (bicyclic) bond motifs is 1. The number of aryl methyl sites for hydroxylation is 1. The summed E-state index contributed by atoms with van der Waals surface area (Å²) in [5.74, 6) is 0.547. The van der Waals surface area contributed by atoms with E-state index >= 15 is 0 Å². The summed E-state index contributed by atoms with van der Waals surface area (Å²) in [6.07, 6.45) is 5.69. The first-order valence-corrected chi connectivity index (χ1v) is 8.84. The lowest BCUT2D eigenvalue weighted by atomic mass is 9.86. The minimum Gasteiger partial charge on any atom is -0.385 e. The van der Waals surface area contributed by atoms with Crippen LogP contribution in [0.2, 0.25) is 0 Å². The molecule has 1 aromatic rings. The Balaban J connectivity index is 1.82. The first kappa shape index (κ1) is 13.9. The Morgan fingerprint density at radius 3 is 2.80 bits per heavy atom. The van der Waals surface area contributed by atoms with Crippen LogP contribution in [0.25, 0.3) is 0 Å². The van der Waals surface area contributed by atoms with E-state index in [0.717, 1.165) is 37.9 Å². The van der Waals surface area contributed by atoms with Crippen molar-refractivity contribution in [3.8, 4) is 0 Å². The van der Waals surface area contributed by atoms with Gasteiger partial charge in [-0.25, -0.2) is 12.7 Å². The molecule has 0 aromatic heterocycles. The molecule has 0 unspecified atom stereocenters. The van der Waals surface area contributed by atoms with E-state index in [1.165, 1.54) is 16.3 Å². The van der Waals surface area contributed by atoms with E-state index in [4.69, 9.17) is 0 Å². The molecule has 5 heteroatoms. The van der Waals surface area contributed by atoms with Gasteiger partial charge in [-0.3, -0.25) is 0 Å². The fourth-order valence-electron chi connectivity index (χ4n) is 2.92. The molecule has 110 valence electrons. The summed E-state index contributed by atoms with van der Waals surface area (Å²) in [4.78, 5) is 0.410. The zero-order chi connectivity index (χ0) is 14.2. The van der Waals surface area contributed by atoms with Gasteiger partial charge in [0.1, 0.15) is 0 Å². The minimum atomic E-state index is -3.35. The van der Waals surface area contributed by atoms with Gasteiger partial charge in [0.2, 0.25) is 10.0 Å². The first-order valence-electron chi connectivity index (χ1n) is 7.40. The molecule has 1 aromatic carbocycles. The second kappa shape index (κ2) is 5.37. The first-order chi connectivity index (χ1) is 9.57. The monoisotopic (exact) mass is 294 g/mol. The average molecular weight is 294 g/mol. The molecule has 0 spiro atoms. The van der Waals surface area contributed by atoms with Gasteiger partial charge in [0.05, 0.1) is 4.90 Å². The van der Waals surface area contributed by atoms with E-state index in [1.54, 1.807) is 19.2 Å². The average Bonchev–Trinajstić information content (AvgIpc) is 2.42. The molecule has 1 fully saturated rings.